The molecule has 21 heavy (non-hydrogen) atoms. The molecule has 0 aromatic heterocycles. The summed E-state index contributed by atoms with van der Waals surface area (Å²) in [5.41, 5.74) is 0.470. The van der Waals surface area contributed by atoms with Crippen LogP contribution < -0.4 is 10.0 Å². The number of sulfonamides is 1. The fraction of sp³-hybridized carbons (Fsp3) is 0.600. The van der Waals surface area contributed by atoms with E-state index in [2.05, 4.69) is 17.0 Å². The standard InChI is InChI=1S/C15H24N2O3S/c1-4-14(16-3)12-6-5-7-13(10-12)21(18,19)17-15(2)8-9-20-11-15/h5-7,10,14,16-17H,4,8-9,11H2,1-3H3. The van der Waals surface area contributed by atoms with Crippen LogP contribution in [0.15, 0.2) is 29.2 Å². The average Bonchev–Trinajstić information content (AvgIpc) is 2.86. The predicted molar refractivity (Wildman–Crippen MR) is 82.7 cm³/mol. The zero-order chi connectivity index (χ0) is 15.5. The molecule has 1 aromatic carbocycles. The van der Waals surface area contributed by atoms with Crippen molar-refractivity contribution < 1.29 is 13.2 Å². The summed E-state index contributed by atoms with van der Waals surface area (Å²) in [5.74, 6) is 0. The van der Waals surface area contributed by atoms with Crippen molar-refractivity contribution in [2.75, 3.05) is 20.3 Å². The van der Waals surface area contributed by atoms with Crippen molar-refractivity contribution in [3.8, 4) is 0 Å². The summed E-state index contributed by atoms with van der Waals surface area (Å²) in [5, 5.41) is 3.19. The quantitative estimate of drug-likeness (QED) is 0.841. The number of rotatable bonds is 6. The molecule has 1 aliphatic rings. The van der Waals surface area contributed by atoms with Gasteiger partial charge in [0.25, 0.3) is 0 Å². The highest BCUT2D eigenvalue weighted by molar-refractivity contribution is 7.89. The summed E-state index contributed by atoms with van der Waals surface area (Å²) in [6, 6.07) is 7.27. The van der Waals surface area contributed by atoms with E-state index in [1.807, 2.05) is 20.0 Å². The smallest absolute Gasteiger partial charge is 0.241 e. The fourth-order valence-corrected chi connectivity index (χ4v) is 4.11. The molecular formula is C15H24N2O3S. The van der Waals surface area contributed by atoms with E-state index in [9.17, 15) is 8.42 Å². The highest BCUT2D eigenvalue weighted by Crippen LogP contribution is 2.23. The van der Waals surface area contributed by atoms with Gasteiger partial charge in [-0.15, -0.1) is 0 Å². The van der Waals surface area contributed by atoms with Crippen molar-refractivity contribution in [2.45, 2.75) is 43.2 Å². The number of hydrogen-bond acceptors (Lipinski definition) is 4. The minimum Gasteiger partial charge on any atom is -0.379 e. The van der Waals surface area contributed by atoms with E-state index in [1.165, 1.54) is 0 Å². The lowest BCUT2D eigenvalue weighted by Crippen LogP contribution is -2.46. The normalized spacial score (nSPS) is 24.1. The van der Waals surface area contributed by atoms with Gasteiger partial charge in [-0.2, -0.15) is 0 Å². The molecule has 0 saturated carbocycles. The zero-order valence-corrected chi connectivity index (χ0v) is 13.7. The van der Waals surface area contributed by atoms with E-state index in [0.29, 0.717) is 24.5 Å². The lowest BCUT2D eigenvalue weighted by atomic mass is 10.0. The number of nitrogens with one attached hydrogen (secondary N) is 2. The first kappa shape index (κ1) is 16.4. The molecule has 1 aromatic rings. The van der Waals surface area contributed by atoms with E-state index in [1.54, 1.807) is 18.2 Å². The lowest BCUT2D eigenvalue weighted by molar-refractivity contribution is 0.178. The maximum absolute atomic E-state index is 12.6. The Labute approximate surface area is 127 Å². The lowest BCUT2D eigenvalue weighted by Gasteiger charge is -2.23. The van der Waals surface area contributed by atoms with Crippen molar-refractivity contribution in [3.05, 3.63) is 29.8 Å². The molecule has 6 heteroatoms. The Morgan fingerprint density at radius 3 is 2.76 bits per heavy atom. The Balaban J connectivity index is 2.26. The predicted octanol–water partition coefficient (Wildman–Crippen LogP) is 1.81. The first-order chi connectivity index (χ1) is 9.90. The molecule has 1 aliphatic heterocycles. The van der Waals surface area contributed by atoms with Crippen LogP contribution in [0.2, 0.25) is 0 Å². The van der Waals surface area contributed by atoms with Crippen LogP contribution in [0.3, 0.4) is 0 Å². The van der Waals surface area contributed by atoms with Crippen LogP contribution in [0.4, 0.5) is 0 Å². The third-order valence-corrected chi connectivity index (χ3v) is 5.56. The van der Waals surface area contributed by atoms with Gasteiger partial charge in [-0.1, -0.05) is 19.1 Å². The third-order valence-electron chi connectivity index (χ3n) is 3.93. The maximum Gasteiger partial charge on any atom is 0.241 e. The Kier molecular flexibility index (Phi) is 5.03. The molecule has 0 spiro atoms. The number of ether oxygens (including phenoxy) is 1. The van der Waals surface area contributed by atoms with Crippen LogP contribution in [0, 0.1) is 0 Å². The van der Waals surface area contributed by atoms with Gasteiger partial charge in [0.15, 0.2) is 0 Å². The monoisotopic (exact) mass is 312 g/mol. The third kappa shape index (κ3) is 3.83. The Hall–Kier alpha value is -0.950. The van der Waals surface area contributed by atoms with Gasteiger partial charge in [-0.25, -0.2) is 13.1 Å². The van der Waals surface area contributed by atoms with Gasteiger partial charge < -0.3 is 10.1 Å². The topological polar surface area (TPSA) is 67.4 Å². The molecule has 2 rings (SSSR count). The van der Waals surface area contributed by atoms with Crippen LogP contribution in [-0.4, -0.2) is 34.2 Å². The molecule has 1 heterocycles. The zero-order valence-electron chi connectivity index (χ0n) is 12.8. The van der Waals surface area contributed by atoms with Crippen LogP contribution in [-0.2, 0) is 14.8 Å². The summed E-state index contributed by atoms with van der Waals surface area (Å²) in [7, 11) is -1.65. The molecule has 0 amide bonds. The molecule has 118 valence electrons. The molecular weight excluding hydrogens is 288 g/mol. The summed E-state index contributed by atoms with van der Waals surface area (Å²) in [4.78, 5) is 0.307. The van der Waals surface area contributed by atoms with Gasteiger partial charge in [0.1, 0.15) is 0 Å². The molecule has 2 N–H and O–H groups in total. The van der Waals surface area contributed by atoms with Crippen molar-refractivity contribution in [1.82, 2.24) is 10.0 Å². The molecule has 1 fully saturated rings. The highest BCUT2D eigenvalue weighted by atomic mass is 32.2. The van der Waals surface area contributed by atoms with Crippen LogP contribution in [0.25, 0.3) is 0 Å². The minimum atomic E-state index is -3.53. The maximum atomic E-state index is 12.6. The second-order valence-electron chi connectivity index (χ2n) is 5.79. The molecule has 0 radical (unpaired) electrons. The summed E-state index contributed by atoms with van der Waals surface area (Å²) in [6.45, 7) is 4.96. The van der Waals surface area contributed by atoms with Crippen molar-refractivity contribution in [3.63, 3.8) is 0 Å². The SMILES string of the molecule is CCC(NC)c1cccc(S(=O)(=O)NC2(C)CCOC2)c1. The Morgan fingerprint density at radius 1 is 1.43 bits per heavy atom. The second-order valence-corrected chi connectivity index (χ2v) is 7.47. The van der Waals surface area contributed by atoms with Crippen molar-refractivity contribution in [2.24, 2.45) is 0 Å². The highest BCUT2D eigenvalue weighted by Gasteiger charge is 2.34. The summed E-state index contributed by atoms with van der Waals surface area (Å²) < 4.78 is 33.2. The summed E-state index contributed by atoms with van der Waals surface area (Å²) in [6.07, 6.45) is 1.60. The Bertz CT molecular complexity index is 576. The Morgan fingerprint density at radius 2 is 2.19 bits per heavy atom. The molecule has 2 atom stereocenters. The molecule has 0 aliphatic carbocycles. The van der Waals surface area contributed by atoms with Gasteiger partial charge in [0.05, 0.1) is 17.0 Å². The van der Waals surface area contributed by atoms with Gasteiger partial charge >= 0.3 is 0 Å². The van der Waals surface area contributed by atoms with Crippen molar-refractivity contribution >= 4 is 10.0 Å². The molecule has 5 nitrogen and oxygen atoms in total. The first-order valence-corrected chi connectivity index (χ1v) is 8.77. The molecule has 1 saturated heterocycles. The van der Waals surface area contributed by atoms with Gasteiger partial charge in [-0.3, -0.25) is 0 Å². The first-order valence-electron chi connectivity index (χ1n) is 7.29. The molecule has 0 bridgehead atoms. The summed E-state index contributed by atoms with van der Waals surface area (Å²) >= 11 is 0. The number of benzene rings is 1. The number of hydrogen-bond donors (Lipinski definition) is 2. The van der Waals surface area contributed by atoms with E-state index in [-0.39, 0.29) is 6.04 Å². The largest absolute Gasteiger partial charge is 0.379 e. The van der Waals surface area contributed by atoms with Crippen LogP contribution in [0.5, 0.6) is 0 Å². The van der Waals surface area contributed by atoms with Gasteiger partial charge in [-0.05, 0) is 44.5 Å². The van der Waals surface area contributed by atoms with E-state index in [4.69, 9.17) is 4.74 Å². The second kappa shape index (κ2) is 6.44. The van der Waals surface area contributed by atoms with Gasteiger partial charge in [0.2, 0.25) is 10.0 Å². The molecule has 2 unspecified atom stereocenters. The van der Waals surface area contributed by atoms with E-state index in [0.717, 1.165) is 12.0 Å². The van der Waals surface area contributed by atoms with Crippen LogP contribution in [0.1, 0.15) is 38.3 Å². The minimum absolute atomic E-state index is 0.158. The fourth-order valence-electron chi connectivity index (χ4n) is 2.64. The average molecular weight is 312 g/mol. The van der Waals surface area contributed by atoms with Gasteiger partial charge in [0, 0.05) is 12.6 Å². The van der Waals surface area contributed by atoms with Crippen molar-refractivity contribution in [1.29, 1.82) is 0 Å². The van der Waals surface area contributed by atoms with E-state index >= 15 is 0 Å². The van der Waals surface area contributed by atoms with Crippen LogP contribution >= 0.6 is 0 Å². The van der Waals surface area contributed by atoms with E-state index < -0.39 is 15.6 Å².